The van der Waals surface area contributed by atoms with Crippen LogP contribution < -0.4 is 5.56 Å². The first kappa shape index (κ1) is 15.7. The molecule has 26 heavy (non-hydrogen) atoms. The van der Waals surface area contributed by atoms with E-state index in [9.17, 15) is 14.3 Å². The minimum absolute atomic E-state index is 0.113. The molecule has 1 aromatic carbocycles. The van der Waals surface area contributed by atoms with Crippen molar-refractivity contribution in [2.45, 2.75) is 38.5 Å². The molecule has 0 saturated heterocycles. The van der Waals surface area contributed by atoms with Crippen LogP contribution in [-0.2, 0) is 23.5 Å². The Morgan fingerprint density at radius 2 is 2.19 bits per heavy atom. The first-order valence-electron chi connectivity index (χ1n) is 8.67. The van der Waals surface area contributed by atoms with Crippen LogP contribution in [0.15, 0.2) is 41.2 Å². The number of hydrogen-bond acceptors (Lipinski definition) is 4. The van der Waals surface area contributed by atoms with Gasteiger partial charge in [-0.25, -0.2) is 9.37 Å². The molecular weight excluding hydrogens is 335 g/mol. The average molecular weight is 352 g/mol. The highest BCUT2D eigenvalue weighted by Gasteiger charge is 2.45. The number of pyridine rings is 2. The number of rotatable bonds is 1. The number of alkyl halides is 1. The van der Waals surface area contributed by atoms with Gasteiger partial charge in [0.2, 0.25) is 6.36 Å². The Morgan fingerprint density at radius 3 is 3.00 bits per heavy atom. The fourth-order valence-electron chi connectivity index (χ4n) is 4.01. The molecule has 5 rings (SSSR count). The Bertz CT molecular complexity index is 1120. The lowest BCUT2D eigenvalue weighted by Gasteiger charge is -2.36. The third kappa shape index (κ3) is 1.91. The molecule has 2 aromatic heterocycles. The molecule has 132 valence electrons. The molecule has 0 amide bonds. The zero-order valence-corrected chi connectivity index (χ0v) is 14.2. The van der Waals surface area contributed by atoms with Gasteiger partial charge in [0.25, 0.3) is 5.56 Å². The lowest BCUT2D eigenvalue weighted by atomic mass is 9.86. The van der Waals surface area contributed by atoms with Gasteiger partial charge >= 0.3 is 0 Å². The van der Waals surface area contributed by atoms with Gasteiger partial charge < -0.3 is 14.4 Å². The van der Waals surface area contributed by atoms with Crippen molar-refractivity contribution in [3.63, 3.8) is 0 Å². The minimum Gasteiger partial charge on any atom is -0.379 e. The molecule has 6 heteroatoms. The molecule has 0 saturated carbocycles. The summed E-state index contributed by atoms with van der Waals surface area (Å²) in [7, 11) is 0. The van der Waals surface area contributed by atoms with Crippen molar-refractivity contribution < 1.29 is 14.2 Å². The fraction of sp³-hybridized carbons (Fsp3) is 0.300. The predicted molar refractivity (Wildman–Crippen MR) is 94.4 cm³/mol. The van der Waals surface area contributed by atoms with E-state index in [1.54, 1.807) is 17.6 Å². The fourth-order valence-corrected chi connectivity index (χ4v) is 4.01. The number of benzene rings is 1. The Morgan fingerprint density at radius 1 is 1.38 bits per heavy atom. The number of aromatic nitrogens is 2. The van der Waals surface area contributed by atoms with E-state index in [4.69, 9.17) is 9.72 Å². The number of aliphatic hydroxyl groups is 1. The maximum atomic E-state index is 14.3. The quantitative estimate of drug-likeness (QED) is 0.572. The number of ether oxygens (including phenoxy) is 1. The van der Waals surface area contributed by atoms with E-state index in [1.165, 1.54) is 0 Å². The highest BCUT2D eigenvalue weighted by Crippen LogP contribution is 2.41. The van der Waals surface area contributed by atoms with Gasteiger partial charge in [-0.3, -0.25) is 4.79 Å². The molecular formula is C20H17FN2O3. The predicted octanol–water partition coefficient (Wildman–Crippen LogP) is 2.85. The van der Waals surface area contributed by atoms with E-state index in [1.807, 2.05) is 30.3 Å². The number of hydrogen-bond donors (Lipinski definition) is 1. The Kier molecular flexibility index (Phi) is 3.14. The summed E-state index contributed by atoms with van der Waals surface area (Å²) in [5.41, 5.74) is 1.69. The zero-order valence-electron chi connectivity index (χ0n) is 14.2. The van der Waals surface area contributed by atoms with Gasteiger partial charge in [0.15, 0.2) is 0 Å². The van der Waals surface area contributed by atoms with Crippen molar-refractivity contribution in [1.82, 2.24) is 9.55 Å². The minimum atomic E-state index is -1.85. The second-order valence-electron chi connectivity index (χ2n) is 6.91. The van der Waals surface area contributed by atoms with Crippen molar-refractivity contribution in [2.24, 2.45) is 0 Å². The number of nitrogens with zero attached hydrogens (tertiary/aromatic N) is 2. The van der Waals surface area contributed by atoms with Crippen LogP contribution in [0, 0.1) is 0 Å². The van der Waals surface area contributed by atoms with E-state index in [-0.39, 0.29) is 18.6 Å². The van der Waals surface area contributed by atoms with Crippen molar-refractivity contribution >= 4 is 10.9 Å². The Labute approximate surface area is 148 Å². The molecule has 0 bridgehead atoms. The van der Waals surface area contributed by atoms with Gasteiger partial charge in [0.05, 0.1) is 30.1 Å². The van der Waals surface area contributed by atoms with Crippen LogP contribution in [0.3, 0.4) is 0 Å². The number of fused-ring (bicyclic) bond motifs is 5. The summed E-state index contributed by atoms with van der Waals surface area (Å²) in [6.07, 6.45) is -1.74. The third-order valence-corrected chi connectivity index (χ3v) is 5.53. The lowest BCUT2D eigenvalue weighted by molar-refractivity contribution is -0.198. The zero-order chi connectivity index (χ0) is 18.1. The first-order chi connectivity index (χ1) is 12.5. The van der Waals surface area contributed by atoms with E-state index < -0.39 is 12.0 Å². The molecule has 3 aromatic rings. The van der Waals surface area contributed by atoms with Gasteiger partial charge in [0.1, 0.15) is 5.60 Å². The lowest BCUT2D eigenvalue weighted by Crippen LogP contribution is -2.45. The molecule has 2 atom stereocenters. The molecule has 0 fully saturated rings. The highest BCUT2D eigenvalue weighted by atomic mass is 19.1. The molecule has 5 nitrogen and oxygen atoms in total. The molecule has 0 spiro atoms. The number of halogens is 1. The molecule has 0 aliphatic carbocycles. The number of para-hydroxylation sites is 1. The summed E-state index contributed by atoms with van der Waals surface area (Å²) < 4.78 is 21.0. The largest absolute Gasteiger partial charge is 0.379 e. The molecule has 2 aliphatic heterocycles. The van der Waals surface area contributed by atoms with Crippen LogP contribution >= 0.6 is 0 Å². The van der Waals surface area contributed by atoms with Crippen LogP contribution in [0.2, 0.25) is 0 Å². The summed E-state index contributed by atoms with van der Waals surface area (Å²) in [5, 5.41) is 11.8. The van der Waals surface area contributed by atoms with E-state index in [2.05, 4.69) is 0 Å². The second-order valence-corrected chi connectivity index (χ2v) is 6.91. The maximum Gasteiger partial charge on any atom is 0.257 e. The topological polar surface area (TPSA) is 64.4 Å². The summed E-state index contributed by atoms with van der Waals surface area (Å²) in [4.78, 5) is 17.7. The normalized spacial score (nSPS) is 23.6. The van der Waals surface area contributed by atoms with Crippen LogP contribution in [0.4, 0.5) is 4.39 Å². The second kappa shape index (κ2) is 5.22. The SMILES string of the molecule is CC[C@@]1(O)c2cc3n(c(=O)c2CO[C@H]1F)Cc1cc2ccccc2nc1-3. The monoisotopic (exact) mass is 352 g/mol. The first-order valence-corrected chi connectivity index (χ1v) is 8.67. The van der Waals surface area contributed by atoms with Gasteiger partial charge in [-0.15, -0.1) is 0 Å². The Hall–Kier alpha value is -2.57. The van der Waals surface area contributed by atoms with E-state index >= 15 is 0 Å². The smallest absolute Gasteiger partial charge is 0.257 e. The van der Waals surface area contributed by atoms with Gasteiger partial charge in [-0.05, 0) is 24.6 Å². The summed E-state index contributed by atoms with van der Waals surface area (Å²) >= 11 is 0. The van der Waals surface area contributed by atoms with Crippen molar-refractivity contribution in [3.8, 4) is 11.4 Å². The molecule has 4 heterocycles. The molecule has 0 radical (unpaired) electrons. The van der Waals surface area contributed by atoms with Gasteiger partial charge in [-0.2, -0.15) is 0 Å². The van der Waals surface area contributed by atoms with E-state index in [0.717, 1.165) is 16.5 Å². The molecule has 2 aliphatic rings. The van der Waals surface area contributed by atoms with E-state index in [0.29, 0.717) is 29.1 Å². The summed E-state index contributed by atoms with van der Waals surface area (Å²) in [6, 6.07) is 11.5. The highest BCUT2D eigenvalue weighted by molar-refractivity contribution is 5.84. The van der Waals surface area contributed by atoms with Crippen molar-refractivity contribution in [1.29, 1.82) is 0 Å². The molecule has 1 N–H and O–H groups in total. The van der Waals surface area contributed by atoms with Crippen LogP contribution in [0.25, 0.3) is 22.3 Å². The van der Waals surface area contributed by atoms with Gasteiger partial charge in [-0.1, -0.05) is 25.1 Å². The Balaban J connectivity index is 1.80. The standard InChI is InChI=1S/C20H17FN2O3/c1-2-20(25)14-8-16-17-12(7-11-5-3-4-6-15(11)22-17)9-23(16)18(24)13(14)10-26-19(20)21/h3-8,19,25H,2,9-10H2,1H3/t19-,20-/m1/s1. The van der Waals surface area contributed by atoms with Crippen LogP contribution in [0.1, 0.15) is 30.0 Å². The van der Waals surface area contributed by atoms with Crippen LogP contribution in [-0.4, -0.2) is 21.0 Å². The van der Waals surface area contributed by atoms with Crippen molar-refractivity contribution in [3.05, 3.63) is 63.4 Å². The van der Waals surface area contributed by atoms with Gasteiger partial charge in [0, 0.05) is 22.1 Å². The van der Waals surface area contributed by atoms with Crippen molar-refractivity contribution in [2.75, 3.05) is 0 Å². The maximum absolute atomic E-state index is 14.3. The molecule has 0 unspecified atom stereocenters. The van der Waals surface area contributed by atoms with Crippen LogP contribution in [0.5, 0.6) is 0 Å². The summed E-state index contributed by atoms with van der Waals surface area (Å²) in [5.74, 6) is 0. The third-order valence-electron chi connectivity index (χ3n) is 5.53. The average Bonchev–Trinajstić information content (AvgIpc) is 3.01. The summed E-state index contributed by atoms with van der Waals surface area (Å²) in [6.45, 7) is 1.96.